The Balaban J connectivity index is 2.50. The van der Waals surface area contributed by atoms with Crippen molar-refractivity contribution in [1.29, 1.82) is 0 Å². The van der Waals surface area contributed by atoms with Crippen molar-refractivity contribution in [3.8, 4) is 0 Å². The van der Waals surface area contributed by atoms with Gasteiger partial charge >= 0.3 is 0 Å². The first-order chi connectivity index (χ1) is 11.6. The Hall–Kier alpha value is -3.15. The molecule has 0 radical (unpaired) electrons. The summed E-state index contributed by atoms with van der Waals surface area (Å²) < 4.78 is 54.3. The molecule has 2 rings (SSSR count). The number of nitro groups is 2. The van der Waals surface area contributed by atoms with Crippen molar-refractivity contribution in [3.63, 3.8) is 0 Å². The summed E-state index contributed by atoms with van der Waals surface area (Å²) >= 11 is 5.30. The van der Waals surface area contributed by atoms with E-state index in [2.05, 4.69) is 0 Å². The predicted molar refractivity (Wildman–Crippen MR) is 78.3 cm³/mol. The lowest BCUT2D eigenvalue weighted by Crippen LogP contribution is -2.16. The van der Waals surface area contributed by atoms with Gasteiger partial charge in [-0.1, -0.05) is 11.6 Å². The van der Waals surface area contributed by atoms with Gasteiger partial charge in [-0.25, -0.2) is 17.6 Å². The summed E-state index contributed by atoms with van der Waals surface area (Å²) in [6.45, 7) is 0. The third-order valence-corrected chi connectivity index (χ3v) is 3.20. The highest BCUT2D eigenvalue weighted by molar-refractivity contribution is 6.31. The molecule has 0 atom stereocenters. The van der Waals surface area contributed by atoms with Gasteiger partial charge in [0.2, 0.25) is 0 Å². The zero-order chi connectivity index (χ0) is 18.9. The van der Waals surface area contributed by atoms with Crippen LogP contribution in [-0.4, -0.2) is 9.85 Å². The topological polar surface area (TPSA) is 110 Å². The van der Waals surface area contributed by atoms with Gasteiger partial charge in [0.05, 0.1) is 14.9 Å². The van der Waals surface area contributed by atoms with Crippen molar-refractivity contribution in [2.24, 2.45) is 0 Å². The maximum atomic E-state index is 13.9. The van der Waals surface area contributed by atoms with Gasteiger partial charge < -0.3 is 0 Å². The molecule has 0 aliphatic carbocycles. The van der Waals surface area contributed by atoms with Crippen LogP contribution in [0.15, 0.2) is 18.2 Å². The molecule has 2 aromatic rings. The van der Waals surface area contributed by atoms with E-state index in [1.807, 2.05) is 0 Å². The molecule has 0 fully saturated rings. The monoisotopic (exact) mass is 380 g/mol. The highest BCUT2D eigenvalue weighted by Crippen LogP contribution is 2.35. The summed E-state index contributed by atoms with van der Waals surface area (Å²) in [6.07, 6.45) is 0. The van der Waals surface area contributed by atoms with Gasteiger partial charge in [0.1, 0.15) is 0 Å². The van der Waals surface area contributed by atoms with E-state index < -0.39 is 60.9 Å². The number of benzene rings is 2. The molecule has 0 amide bonds. The first kappa shape index (κ1) is 18.2. The van der Waals surface area contributed by atoms with E-state index >= 15 is 0 Å². The number of hydrogen-bond donors (Lipinski definition) is 2. The molecule has 0 unspecified atom stereocenters. The van der Waals surface area contributed by atoms with Crippen LogP contribution >= 0.6 is 11.6 Å². The van der Waals surface area contributed by atoms with Crippen LogP contribution in [0.25, 0.3) is 0 Å². The molecule has 132 valence electrons. The fourth-order valence-corrected chi connectivity index (χ4v) is 1.97. The van der Waals surface area contributed by atoms with Crippen molar-refractivity contribution >= 4 is 34.4 Å². The van der Waals surface area contributed by atoms with Gasteiger partial charge in [-0.3, -0.25) is 31.1 Å². The third-order valence-electron chi connectivity index (χ3n) is 2.92. The van der Waals surface area contributed by atoms with Crippen LogP contribution in [-0.2, 0) is 0 Å². The van der Waals surface area contributed by atoms with Gasteiger partial charge in [-0.2, -0.15) is 0 Å². The summed E-state index contributed by atoms with van der Waals surface area (Å²) in [5.74, 6) is -6.64. The van der Waals surface area contributed by atoms with E-state index in [9.17, 15) is 37.8 Å². The van der Waals surface area contributed by atoms with Crippen LogP contribution in [0, 0.1) is 43.5 Å². The van der Waals surface area contributed by atoms with Gasteiger partial charge in [0.15, 0.2) is 34.6 Å². The lowest BCUT2D eigenvalue weighted by Gasteiger charge is -2.12. The Morgan fingerprint density at radius 1 is 0.840 bits per heavy atom. The quantitative estimate of drug-likeness (QED) is 0.349. The summed E-state index contributed by atoms with van der Waals surface area (Å²) in [7, 11) is 0. The summed E-state index contributed by atoms with van der Waals surface area (Å²) in [5.41, 5.74) is -0.720. The molecule has 13 heteroatoms. The molecule has 0 aromatic heterocycles. The molecule has 2 aromatic carbocycles. The van der Waals surface area contributed by atoms with Gasteiger partial charge in [-0.15, -0.1) is 0 Å². The second-order valence-electron chi connectivity index (χ2n) is 4.40. The fourth-order valence-electron chi connectivity index (χ4n) is 1.78. The number of halogens is 5. The van der Waals surface area contributed by atoms with Crippen molar-refractivity contribution in [1.82, 2.24) is 0 Å². The van der Waals surface area contributed by atoms with Crippen molar-refractivity contribution in [3.05, 3.63) is 66.7 Å². The third kappa shape index (κ3) is 3.38. The SMILES string of the molecule is O=[N+]([O-])c1ccc(F)c(F)c1NNc1c([N+](=O)[O-])cc(Cl)c(F)c1F. The lowest BCUT2D eigenvalue weighted by atomic mass is 10.2. The molecule has 0 bridgehead atoms. The number of nitro benzene ring substituents is 2. The van der Waals surface area contributed by atoms with E-state index in [4.69, 9.17) is 11.6 Å². The highest BCUT2D eigenvalue weighted by Gasteiger charge is 2.27. The number of rotatable bonds is 5. The average molecular weight is 381 g/mol. The number of nitrogens with zero attached hydrogens (tertiary/aromatic N) is 2. The van der Waals surface area contributed by atoms with Crippen LogP contribution in [0.1, 0.15) is 0 Å². The Labute approximate surface area is 140 Å². The van der Waals surface area contributed by atoms with E-state index in [0.717, 1.165) is 0 Å². The summed E-state index contributed by atoms with van der Waals surface area (Å²) in [5, 5.41) is 20.8. The maximum absolute atomic E-state index is 13.9. The standard InChI is InChI=1S/C12H5ClF4N4O4/c13-4-3-7(21(24)25)12(10(17)8(4)15)19-18-11-6(20(22)23)2-1-5(14)9(11)16/h1-3,18-19H. The molecule has 8 nitrogen and oxygen atoms in total. The fraction of sp³-hybridized carbons (Fsp3) is 0. The van der Waals surface area contributed by atoms with Crippen LogP contribution in [0.3, 0.4) is 0 Å². The van der Waals surface area contributed by atoms with E-state index in [0.29, 0.717) is 18.2 Å². The molecule has 2 N–H and O–H groups in total. The zero-order valence-corrected chi connectivity index (χ0v) is 12.4. The largest absolute Gasteiger partial charge is 0.298 e. The van der Waals surface area contributed by atoms with Crippen molar-refractivity contribution in [2.45, 2.75) is 0 Å². The minimum Gasteiger partial charge on any atom is -0.292 e. The lowest BCUT2D eigenvalue weighted by molar-refractivity contribution is -0.384. The van der Waals surface area contributed by atoms with Crippen LogP contribution < -0.4 is 10.9 Å². The van der Waals surface area contributed by atoms with E-state index in [-0.39, 0.29) is 0 Å². The molecule has 0 aliphatic heterocycles. The minimum atomic E-state index is -1.80. The number of nitrogens with one attached hydrogen (secondary N) is 2. The van der Waals surface area contributed by atoms with Gasteiger partial charge in [0, 0.05) is 12.1 Å². The minimum absolute atomic E-state index is 0.473. The number of anilines is 2. The van der Waals surface area contributed by atoms with Crippen LogP contribution in [0.2, 0.25) is 5.02 Å². The molecule has 25 heavy (non-hydrogen) atoms. The first-order valence-electron chi connectivity index (χ1n) is 6.11. The average Bonchev–Trinajstić information content (AvgIpc) is 2.54. The number of hydrazine groups is 1. The first-order valence-corrected chi connectivity index (χ1v) is 6.49. The maximum Gasteiger partial charge on any atom is 0.298 e. The Morgan fingerprint density at radius 3 is 1.88 bits per heavy atom. The van der Waals surface area contributed by atoms with E-state index in [1.54, 1.807) is 10.9 Å². The Bertz CT molecular complexity index is 896. The smallest absolute Gasteiger partial charge is 0.292 e. The molecule has 0 aliphatic rings. The molecular weight excluding hydrogens is 376 g/mol. The van der Waals surface area contributed by atoms with E-state index in [1.165, 1.54) is 0 Å². The zero-order valence-electron chi connectivity index (χ0n) is 11.6. The molecule has 0 spiro atoms. The molecule has 0 saturated carbocycles. The Kier molecular flexibility index (Phi) is 4.92. The number of hydrogen-bond acceptors (Lipinski definition) is 6. The second-order valence-corrected chi connectivity index (χ2v) is 4.81. The molecular formula is C12H5ClF4N4O4. The molecule has 0 saturated heterocycles. The van der Waals surface area contributed by atoms with Gasteiger partial charge in [-0.05, 0) is 6.07 Å². The molecule has 0 heterocycles. The normalized spacial score (nSPS) is 10.4. The summed E-state index contributed by atoms with van der Waals surface area (Å²) in [6, 6.07) is 1.56. The predicted octanol–water partition coefficient (Wildman–Crippen LogP) is 4.15. The van der Waals surface area contributed by atoms with Gasteiger partial charge in [0.25, 0.3) is 11.4 Å². The second kappa shape index (κ2) is 6.76. The Morgan fingerprint density at radius 2 is 1.36 bits per heavy atom. The van der Waals surface area contributed by atoms with Crippen molar-refractivity contribution in [2.75, 3.05) is 10.9 Å². The highest BCUT2D eigenvalue weighted by atomic mass is 35.5. The van der Waals surface area contributed by atoms with Crippen LogP contribution in [0.5, 0.6) is 0 Å². The summed E-state index contributed by atoms with van der Waals surface area (Å²) in [4.78, 5) is 19.5. The van der Waals surface area contributed by atoms with Crippen molar-refractivity contribution < 1.29 is 27.4 Å². The van der Waals surface area contributed by atoms with Crippen LogP contribution in [0.4, 0.5) is 40.3 Å².